The predicted molar refractivity (Wildman–Crippen MR) is 52.2 cm³/mol. The van der Waals surface area contributed by atoms with Crippen LogP contribution in [0.15, 0.2) is 12.1 Å². The average molecular weight is 224 g/mol. The molecular weight excluding hydrogens is 216 g/mol. The Bertz CT molecular complexity index is 437. The maximum absolute atomic E-state index is 11.0. The Morgan fingerprint density at radius 1 is 1.50 bits per heavy atom. The quantitative estimate of drug-likeness (QED) is 0.460. The summed E-state index contributed by atoms with van der Waals surface area (Å²) in [7, 11) is 0. The van der Waals surface area contributed by atoms with Crippen LogP contribution in [-0.4, -0.2) is 26.8 Å². The summed E-state index contributed by atoms with van der Waals surface area (Å²) >= 11 is 0. The number of rotatable bonds is 4. The van der Waals surface area contributed by atoms with E-state index in [1.807, 2.05) is 0 Å². The average Bonchev–Trinajstić information content (AvgIpc) is 2.15. The van der Waals surface area contributed by atoms with Crippen LogP contribution >= 0.6 is 0 Å². The highest BCUT2D eigenvalue weighted by molar-refractivity contribution is 5.92. The van der Waals surface area contributed by atoms with Crippen LogP contribution in [0.2, 0.25) is 0 Å². The number of Topliss-reactive ketones (excluding diaryl/α,β-unsaturated/α-hetero) is 1. The van der Waals surface area contributed by atoms with Gasteiger partial charge in [0, 0.05) is 19.1 Å². The topological polar surface area (TPSA) is 110 Å². The molecule has 0 saturated heterocycles. The summed E-state index contributed by atoms with van der Waals surface area (Å²) in [4.78, 5) is 35.0. The van der Waals surface area contributed by atoms with Gasteiger partial charge < -0.3 is 5.11 Å². The maximum atomic E-state index is 11.0. The van der Waals surface area contributed by atoms with Crippen molar-refractivity contribution in [3.05, 3.63) is 33.6 Å². The summed E-state index contributed by atoms with van der Waals surface area (Å²) in [6, 6.07) is 2.06. The summed E-state index contributed by atoms with van der Waals surface area (Å²) in [6.45, 7) is 1.20. The van der Waals surface area contributed by atoms with Crippen LogP contribution in [0.1, 0.15) is 23.1 Å². The first-order valence-corrected chi connectivity index (χ1v) is 4.28. The second-order valence-corrected chi connectivity index (χ2v) is 3.09. The first kappa shape index (κ1) is 11.8. The van der Waals surface area contributed by atoms with Gasteiger partial charge in [0.1, 0.15) is 5.69 Å². The third-order valence-corrected chi connectivity index (χ3v) is 1.77. The van der Waals surface area contributed by atoms with Crippen LogP contribution in [0, 0.1) is 10.1 Å². The molecule has 0 aromatic carbocycles. The molecule has 0 atom stereocenters. The zero-order valence-electron chi connectivity index (χ0n) is 8.34. The van der Waals surface area contributed by atoms with Gasteiger partial charge in [-0.25, -0.2) is 4.98 Å². The number of carboxylic acid groups (broad SMARTS) is 1. The Balaban J connectivity index is 3.23. The molecule has 0 fully saturated rings. The molecule has 0 aliphatic carbocycles. The molecule has 0 saturated carbocycles. The fraction of sp³-hybridized carbons (Fsp3) is 0.222. The van der Waals surface area contributed by atoms with Crippen LogP contribution in [0.3, 0.4) is 0 Å². The van der Waals surface area contributed by atoms with Gasteiger partial charge >= 0.3 is 5.97 Å². The Morgan fingerprint density at radius 3 is 2.56 bits per heavy atom. The van der Waals surface area contributed by atoms with Crippen molar-refractivity contribution in [1.29, 1.82) is 0 Å². The van der Waals surface area contributed by atoms with Gasteiger partial charge in [-0.2, -0.15) is 0 Å². The summed E-state index contributed by atoms with van der Waals surface area (Å²) < 4.78 is 0. The lowest BCUT2D eigenvalue weighted by atomic mass is 10.2. The Morgan fingerprint density at radius 2 is 2.12 bits per heavy atom. The molecule has 0 aliphatic rings. The van der Waals surface area contributed by atoms with Crippen molar-refractivity contribution in [2.75, 3.05) is 0 Å². The number of carbonyl (C=O) groups is 2. The number of hydrogen-bond acceptors (Lipinski definition) is 5. The highest BCUT2D eigenvalue weighted by atomic mass is 16.6. The van der Waals surface area contributed by atoms with Crippen molar-refractivity contribution in [2.24, 2.45) is 0 Å². The molecular formula is C9H8N2O5. The van der Waals surface area contributed by atoms with Crippen molar-refractivity contribution >= 4 is 17.4 Å². The van der Waals surface area contributed by atoms with Crippen LogP contribution < -0.4 is 0 Å². The molecule has 1 N–H and O–H groups in total. The monoisotopic (exact) mass is 224 g/mol. The van der Waals surface area contributed by atoms with Gasteiger partial charge in [0.2, 0.25) is 0 Å². The minimum Gasteiger partial charge on any atom is -0.481 e. The van der Waals surface area contributed by atoms with E-state index in [1.165, 1.54) is 6.92 Å². The van der Waals surface area contributed by atoms with E-state index < -0.39 is 23.1 Å². The van der Waals surface area contributed by atoms with E-state index >= 15 is 0 Å². The zero-order chi connectivity index (χ0) is 12.3. The molecule has 0 amide bonds. The van der Waals surface area contributed by atoms with Gasteiger partial charge in [-0.1, -0.05) is 0 Å². The summed E-state index contributed by atoms with van der Waals surface area (Å²) in [6.07, 6.45) is -0.456. The summed E-state index contributed by atoms with van der Waals surface area (Å²) in [5.74, 6) is -1.61. The number of hydrogen-bond donors (Lipinski definition) is 1. The highest BCUT2D eigenvalue weighted by Gasteiger charge is 2.15. The third kappa shape index (κ3) is 2.84. The fourth-order valence-corrected chi connectivity index (χ4v) is 1.10. The van der Waals surface area contributed by atoms with Crippen LogP contribution in [0.4, 0.5) is 5.69 Å². The molecule has 0 unspecified atom stereocenters. The molecule has 16 heavy (non-hydrogen) atoms. The molecule has 0 bridgehead atoms. The van der Waals surface area contributed by atoms with Gasteiger partial charge in [-0.05, 0) is 0 Å². The second-order valence-electron chi connectivity index (χ2n) is 3.09. The number of carboxylic acids is 1. The summed E-state index contributed by atoms with van der Waals surface area (Å²) in [5, 5.41) is 19.1. The molecule has 1 aromatic heterocycles. The van der Waals surface area contributed by atoms with Gasteiger partial charge in [-0.3, -0.25) is 19.7 Å². The van der Waals surface area contributed by atoms with Gasteiger partial charge in [0.15, 0.2) is 5.78 Å². The first-order chi connectivity index (χ1) is 7.40. The third-order valence-electron chi connectivity index (χ3n) is 1.77. The van der Waals surface area contributed by atoms with Crippen molar-refractivity contribution < 1.29 is 19.6 Å². The molecule has 0 spiro atoms. The standard InChI is InChI=1S/C9H8N2O5/c1-5(12)8-4-7(11(15)16)2-6(10-8)3-9(13)14/h2,4H,3H2,1H3,(H,13,14). The lowest BCUT2D eigenvalue weighted by Crippen LogP contribution is -2.07. The molecule has 7 nitrogen and oxygen atoms in total. The molecule has 1 rings (SSSR count). The molecule has 84 valence electrons. The molecule has 0 aliphatic heterocycles. The van der Waals surface area contributed by atoms with Gasteiger partial charge in [0.25, 0.3) is 5.69 Å². The minimum absolute atomic E-state index is 0.00750. The van der Waals surface area contributed by atoms with Crippen molar-refractivity contribution in [3.63, 3.8) is 0 Å². The number of ketones is 1. The number of nitro groups is 1. The van der Waals surface area contributed by atoms with E-state index in [2.05, 4.69) is 4.98 Å². The van der Waals surface area contributed by atoms with Crippen LogP contribution in [-0.2, 0) is 11.2 Å². The first-order valence-electron chi connectivity index (χ1n) is 4.28. The van der Waals surface area contributed by atoms with E-state index in [9.17, 15) is 19.7 Å². The Labute approximate surface area is 89.9 Å². The van der Waals surface area contributed by atoms with Crippen molar-refractivity contribution in [3.8, 4) is 0 Å². The number of pyridine rings is 1. The largest absolute Gasteiger partial charge is 0.481 e. The molecule has 1 aromatic rings. The Kier molecular flexibility index (Phi) is 3.29. The second kappa shape index (κ2) is 4.47. The predicted octanol–water partition coefficient (Wildman–Crippen LogP) is 0.819. The van der Waals surface area contributed by atoms with Gasteiger partial charge in [0.05, 0.1) is 17.0 Å². The van der Waals surface area contributed by atoms with E-state index in [-0.39, 0.29) is 17.1 Å². The summed E-state index contributed by atoms with van der Waals surface area (Å²) in [5.41, 5.74) is -0.450. The van der Waals surface area contributed by atoms with E-state index in [0.29, 0.717) is 0 Å². The molecule has 7 heteroatoms. The van der Waals surface area contributed by atoms with E-state index in [0.717, 1.165) is 12.1 Å². The SMILES string of the molecule is CC(=O)c1cc([N+](=O)[O-])cc(CC(=O)O)n1. The number of nitrogens with zero attached hydrogens (tertiary/aromatic N) is 2. The smallest absolute Gasteiger partial charge is 0.309 e. The van der Waals surface area contributed by atoms with Crippen LogP contribution in [0.5, 0.6) is 0 Å². The highest BCUT2D eigenvalue weighted by Crippen LogP contribution is 2.15. The fourth-order valence-electron chi connectivity index (χ4n) is 1.10. The number of aromatic nitrogens is 1. The molecule has 1 heterocycles. The van der Waals surface area contributed by atoms with E-state index in [1.54, 1.807) is 0 Å². The lowest BCUT2D eigenvalue weighted by Gasteiger charge is -2.00. The number of aliphatic carboxylic acids is 1. The lowest BCUT2D eigenvalue weighted by molar-refractivity contribution is -0.385. The van der Waals surface area contributed by atoms with Crippen LogP contribution in [0.25, 0.3) is 0 Å². The zero-order valence-corrected chi connectivity index (χ0v) is 8.34. The minimum atomic E-state index is -1.16. The van der Waals surface area contributed by atoms with Gasteiger partial charge in [-0.15, -0.1) is 0 Å². The van der Waals surface area contributed by atoms with E-state index in [4.69, 9.17) is 5.11 Å². The van der Waals surface area contributed by atoms with Crippen molar-refractivity contribution in [1.82, 2.24) is 4.98 Å². The maximum Gasteiger partial charge on any atom is 0.309 e. The Hall–Kier alpha value is -2.31. The number of carbonyl (C=O) groups excluding carboxylic acids is 1. The van der Waals surface area contributed by atoms with Crippen molar-refractivity contribution in [2.45, 2.75) is 13.3 Å². The normalized spacial score (nSPS) is 9.81. The molecule has 0 radical (unpaired) electrons.